The first-order valence-corrected chi connectivity index (χ1v) is 7.07. The van der Waals surface area contributed by atoms with Crippen molar-refractivity contribution in [2.24, 2.45) is 11.8 Å². The minimum atomic E-state index is 0.529. The third kappa shape index (κ3) is 3.72. The Bertz CT molecular complexity index is 342. The van der Waals surface area contributed by atoms with Crippen LogP contribution in [-0.2, 0) is 0 Å². The van der Waals surface area contributed by atoms with Gasteiger partial charge < -0.3 is 5.32 Å². The first-order valence-electron chi connectivity index (χ1n) is 6.69. The fourth-order valence-corrected chi connectivity index (χ4v) is 2.25. The number of nitrogens with one attached hydrogen (secondary N) is 1. The second-order valence-electron chi connectivity index (χ2n) is 5.29. The van der Waals surface area contributed by atoms with Crippen LogP contribution in [0.25, 0.3) is 0 Å². The summed E-state index contributed by atoms with van der Waals surface area (Å²) in [5, 5.41) is 4.55. The van der Waals surface area contributed by atoms with Crippen LogP contribution in [0.4, 0.5) is 0 Å². The highest BCUT2D eigenvalue weighted by Crippen LogP contribution is 2.41. The molecule has 0 aromatic heterocycles. The van der Waals surface area contributed by atoms with Gasteiger partial charge in [0.15, 0.2) is 0 Å². The molecule has 1 N–H and O–H groups in total. The van der Waals surface area contributed by atoms with Crippen molar-refractivity contribution in [3.05, 3.63) is 34.9 Å². The highest BCUT2D eigenvalue weighted by atomic mass is 35.5. The lowest BCUT2D eigenvalue weighted by molar-refractivity contribution is 0.417. The van der Waals surface area contributed by atoms with Crippen molar-refractivity contribution in [3.63, 3.8) is 0 Å². The van der Waals surface area contributed by atoms with E-state index in [1.54, 1.807) is 0 Å². The zero-order chi connectivity index (χ0) is 12.3. The van der Waals surface area contributed by atoms with E-state index in [-0.39, 0.29) is 0 Å². The third-order valence-corrected chi connectivity index (χ3v) is 3.96. The van der Waals surface area contributed by atoms with Crippen LogP contribution in [-0.4, -0.2) is 6.54 Å². The van der Waals surface area contributed by atoms with Crippen LogP contribution in [0.1, 0.15) is 44.7 Å². The molecule has 0 aliphatic heterocycles. The largest absolute Gasteiger partial charge is 0.309 e. The summed E-state index contributed by atoms with van der Waals surface area (Å²) in [4.78, 5) is 0. The molecule has 0 bridgehead atoms. The molecule has 1 aromatic carbocycles. The first-order chi connectivity index (χ1) is 8.20. The zero-order valence-electron chi connectivity index (χ0n) is 10.7. The van der Waals surface area contributed by atoms with Gasteiger partial charge in [0.25, 0.3) is 0 Å². The molecule has 0 amide bonds. The number of hydrogen-bond donors (Lipinski definition) is 1. The van der Waals surface area contributed by atoms with Crippen molar-refractivity contribution in [1.29, 1.82) is 0 Å². The molecule has 94 valence electrons. The maximum absolute atomic E-state index is 5.94. The smallest absolute Gasteiger partial charge is 0.0406 e. The normalized spacial score (nSPS) is 19.0. The monoisotopic (exact) mass is 251 g/mol. The zero-order valence-corrected chi connectivity index (χ0v) is 11.5. The molecule has 2 heteroatoms. The van der Waals surface area contributed by atoms with Crippen LogP contribution in [0.5, 0.6) is 0 Å². The Morgan fingerprint density at radius 2 is 1.94 bits per heavy atom. The van der Waals surface area contributed by atoms with E-state index < -0.39 is 0 Å². The van der Waals surface area contributed by atoms with Gasteiger partial charge in [-0.15, -0.1) is 0 Å². The fourth-order valence-electron chi connectivity index (χ4n) is 2.13. The van der Waals surface area contributed by atoms with Gasteiger partial charge in [-0.3, -0.25) is 0 Å². The van der Waals surface area contributed by atoms with Crippen molar-refractivity contribution in [2.75, 3.05) is 6.54 Å². The number of benzene rings is 1. The summed E-state index contributed by atoms with van der Waals surface area (Å²) in [5.41, 5.74) is 1.39. The molecule has 1 aromatic rings. The molecule has 2 rings (SSSR count). The summed E-state index contributed by atoms with van der Waals surface area (Å²) in [5.74, 6) is 1.59. The van der Waals surface area contributed by atoms with Crippen molar-refractivity contribution in [3.8, 4) is 0 Å². The fraction of sp³-hybridized carbons (Fsp3) is 0.600. The van der Waals surface area contributed by atoms with Crippen LogP contribution in [0, 0.1) is 11.8 Å². The van der Waals surface area contributed by atoms with Gasteiger partial charge in [0, 0.05) is 11.1 Å². The van der Waals surface area contributed by atoms with Crippen LogP contribution in [0.3, 0.4) is 0 Å². The van der Waals surface area contributed by atoms with Crippen molar-refractivity contribution >= 4 is 11.6 Å². The number of halogens is 1. The molecular formula is C15H22ClN. The van der Waals surface area contributed by atoms with Crippen LogP contribution in [0.2, 0.25) is 5.02 Å². The molecule has 2 atom stereocenters. The molecule has 0 heterocycles. The predicted molar refractivity (Wildman–Crippen MR) is 74.4 cm³/mol. The van der Waals surface area contributed by atoms with E-state index in [0.29, 0.717) is 6.04 Å². The Morgan fingerprint density at radius 1 is 1.29 bits per heavy atom. The van der Waals surface area contributed by atoms with Gasteiger partial charge in [0.05, 0.1) is 0 Å². The lowest BCUT2D eigenvalue weighted by Gasteiger charge is -2.21. The summed E-state index contributed by atoms with van der Waals surface area (Å²) < 4.78 is 0. The number of hydrogen-bond acceptors (Lipinski definition) is 1. The summed E-state index contributed by atoms with van der Waals surface area (Å²) in [6, 6.07) is 8.85. The van der Waals surface area contributed by atoms with Crippen molar-refractivity contribution < 1.29 is 0 Å². The average molecular weight is 252 g/mol. The molecule has 0 saturated heterocycles. The Hall–Kier alpha value is -0.530. The van der Waals surface area contributed by atoms with Crippen LogP contribution < -0.4 is 5.32 Å². The van der Waals surface area contributed by atoms with Gasteiger partial charge in [-0.1, -0.05) is 44.0 Å². The van der Waals surface area contributed by atoms with Gasteiger partial charge in [0.1, 0.15) is 0 Å². The van der Waals surface area contributed by atoms with Gasteiger partial charge in [-0.05, 0) is 48.9 Å². The second kappa shape index (κ2) is 5.88. The minimum absolute atomic E-state index is 0.529. The first kappa shape index (κ1) is 12.9. The summed E-state index contributed by atoms with van der Waals surface area (Å²) in [7, 11) is 0. The quantitative estimate of drug-likeness (QED) is 0.789. The maximum atomic E-state index is 5.94. The second-order valence-corrected chi connectivity index (χ2v) is 5.72. The Balaban J connectivity index is 1.99. The SMILES string of the molecule is CCC(C)CNC(c1ccc(Cl)cc1)C1CC1. The molecule has 0 spiro atoms. The van der Waals surface area contributed by atoms with E-state index in [4.69, 9.17) is 11.6 Å². The summed E-state index contributed by atoms with van der Waals surface area (Å²) in [6.07, 6.45) is 3.96. The van der Waals surface area contributed by atoms with Crippen LogP contribution in [0.15, 0.2) is 24.3 Å². The molecule has 17 heavy (non-hydrogen) atoms. The highest BCUT2D eigenvalue weighted by Gasteiger charge is 2.31. The van der Waals surface area contributed by atoms with Gasteiger partial charge >= 0.3 is 0 Å². The lowest BCUT2D eigenvalue weighted by atomic mass is 10.0. The van der Waals surface area contributed by atoms with E-state index in [9.17, 15) is 0 Å². The van der Waals surface area contributed by atoms with E-state index in [1.165, 1.54) is 24.8 Å². The Labute approximate surface area is 110 Å². The van der Waals surface area contributed by atoms with Gasteiger partial charge in [0.2, 0.25) is 0 Å². The minimum Gasteiger partial charge on any atom is -0.309 e. The highest BCUT2D eigenvalue weighted by molar-refractivity contribution is 6.30. The summed E-state index contributed by atoms with van der Waals surface area (Å²) >= 11 is 5.94. The van der Waals surface area contributed by atoms with Crippen molar-refractivity contribution in [1.82, 2.24) is 5.32 Å². The molecule has 1 aliphatic rings. The summed E-state index contributed by atoms with van der Waals surface area (Å²) in [6.45, 7) is 5.67. The predicted octanol–water partition coefficient (Wildman–Crippen LogP) is 4.43. The van der Waals surface area contributed by atoms with E-state index >= 15 is 0 Å². The van der Waals surface area contributed by atoms with Crippen LogP contribution >= 0.6 is 11.6 Å². The Morgan fingerprint density at radius 3 is 2.47 bits per heavy atom. The average Bonchev–Trinajstić information content (AvgIpc) is 3.15. The standard InChI is InChI=1S/C15H22ClN/c1-3-11(2)10-17-15(12-4-5-12)13-6-8-14(16)9-7-13/h6-9,11-12,15,17H,3-5,10H2,1-2H3. The topological polar surface area (TPSA) is 12.0 Å². The third-order valence-electron chi connectivity index (χ3n) is 3.71. The molecule has 2 unspecified atom stereocenters. The molecular weight excluding hydrogens is 230 g/mol. The Kier molecular flexibility index (Phi) is 4.47. The van der Waals surface area contributed by atoms with E-state index in [1.807, 2.05) is 12.1 Å². The molecule has 0 radical (unpaired) electrons. The van der Waals surface area contributed by atoms with Gasteiger partial charge in [-0.2, -0.15) is 0 Å². The molecule has 1 aliphatic carbocycles. The molecule has 1 fully saturated rings. The van der Waals surface area contributed by atoms with E-state index in [0.717, 1.165) is 23.4 Å². The molecule has 1 saturated carbocycles. The number of rotatable bonds is 6. The molecule has 1 nitrogen and oxygen atoms in total. The lowest BCUT2D eigenvalue weighted by Crippen LogP contribution is -2.27. The maximum Gasteiger partial charge on any atom is 0.0406 e. The van der Waals surface area contributed by atoms with Crippen molar-refractivity contribution in [2.45, 2.75) is 39.2 Å². The van der Waals surface area contributed by atoms with E-state index in [2.05, 4.69) is 31.3 Å². The van der Waals surface area contributed by atoms with Gasteiger partial charge in [-0.25, -0.2) is 0 Å².